The average Bonchev–Trinajstić information content (AvgIpc) is 3.55. The number of nitrogens with zero attached hydrogens (tertiary/aromatic N) is 2. The molecule has 1 unspecified atom stereocenters. The van der Waals surface area contributed by atoms with Gasteiger partial charge in [-0.25, -0.2) is 0 Å². The zero-order chi connectivity index (χ0) is 23.2. The predicted molar refractivity (Wildman–Crippen MR) is 147 cm³/mol. The molecule has 33 heavy (non-hydrogen) atoms. The molecule has 2 nitrogen and oxygen atoms in total. The average molecular weight is 495 g/mol. The topological polar surface area (TPSA) is 25.8 Å². The second kappa shape index (κ2) is 9.24. The molecule has 0 N–H and O–H groups in total. The van der Waals surface area contributed by atoms with E-state index in [0.717, 1.165) is 11.0 Å². The highest BCUT2D eigenvalue weighted by atomic mass is 32.1. The molecule has 1 atom stereocenters. The minimum absolute atomic E-state index is 0.131. The fourth-order valence-electron chi connectivity index (χ4n) is 5.42. The number of hydrogen-bond donors (Lipinski definition) is 0. The predicted octanol–water partition coefficient (Wildman–Crippen LogP) is 9.95. The van der Waals surface area contributed by atoms with Gasteiger partial charge in [0.05, 0.1) is 11.7 Å². The van der Waals surface area contributed by atoms with E-state index in [1.165, 1.54) is 87.3 Å². The van der Waals surface area contributed by atoms with Crippen molar-refractivity contribution >= 4 is 45.4 Å². The maximum Gasteiger partial charge on any atom is 0.113 e. The van der Waals surface area contributed by atoms with Crippen LogP contribution in [0.1, 0.15) is 100 Å². The van der Waals surface area contributed by atoms with Gasteiger partial charge < -0.3 is 0 Å². The number of hydrogen-bond acceptors (Lipinski definition) is 5. The van der Waals surface area contributed by atoms with Gasteiger partial charge in [0, 0.05) is 30.5 Å². The van der Waals surface area contributed by atoms with E-state index in [-0.39, 0.29) is 5.41 Å². The van der Waals surface area contributed by atoms with Crippen LogP contribution >= 0.6 is 34.4 Å². The van der Waals surface area contributed by atoms with E-state index in [9.17, 15) is 0 Å². The van der Waals surface area contributed by atoms with E-state index in [0.29, 0.717) is 5.92 Å². The lowest BCUT2D eigenvalue weighted by molar-refractivity contribution is 0.482. The third-order valence-corrected chi connectivity index (χ3v) is 10.3. The molecule has 0 fully saturated rings. The summed E-state index contributed by atoms with van der Waals surface area (Å²) < 4.78 is 9.40. The monoisotopic (exact) mass is 494 g/mol. The van der Waals surface area contributed by atoms with Crippen molar-refractivity contribution in [1.82, 2.24) is 8.75 Å². The van der Waals surface area contributed by atoms with Gasteiger partial charge in [-0.05, 0) is 48.1 Å². The Balaban J connectivity index is 1.51. The molecule has 0 spiro atoms. The second-order valence-electron chi connectivity index (χ2n) is 10.1. The molecule has 0 aliphatic heterocycles. The Bertz CT molecular complexity index is 1280. The van der Waals surface area contributed by atoms with Crippen molar-refractivity contribution in [2.75, 3.05) is 0 Å². The van der Waals surface area contributed by atoms with Gasteiger partial charge in [0.2, 0.25) is 0 Å². The molecule has 0 saturated heterocycles. The lowest BCUT2D eigenvalue weighted by Crippen LogP contribution is -2.19. The van der Waals surface area contributed by atoms with Gasteiger partial charge in [-0.3, -0.25) is 0 Å². The number of fused-ring (bicyclic) bond motifs is 4. The standard InChI is InChI=1S/C28H34N2S3/c1-6-7-8-9-10-11-14-28(5)21-15-18(4)31-26(21)27-22(28)16-23(32-27)20-13-12-19(17(2)3)24-25(20)30-33-29-24/h12-13,15-17H,6-11,14H2,1-5H3. The normalized spacial score (nSPS) is 17.3. The minimum Gasteiger partial charge on any atom is -0.173 e. The zero-order valence-electron chi connectivity index (χ0n) is 20.5. The van der Waals surface area contributed by atoms with E-state index in [2.05, 4.69) is 63.3 Å². The van der Waals surface area contributed by atoms with E-state index in [4.69, 9.17) is 4.37 Å². The molecule has 1 aliphatic carbocycles. The van der Waals surface area contributed by atoms with Gasteiger partial charge in [0.15, 0.2) is 0 Å². The van der Waals surface area contributed by atoms with Gasteiger partial charge in [-0.2, -0.15) is 8.75 Å². The zero-order valence-corrected chi connectivity index (χ0v) is 22.9. The van der Waals surface area contributed by atoms with Crippen LogP contribution in [0.25, 0.3) is 31.2 Å². The van der Waals surface area contributed by atoms with Crippen molar-refractivity contribution in [2.24, 2.45) is 0 Å². The highest BCUT2D eigenvalue weighted by Gasteiger charge is 2.42. The molecule has 3 aromatic heterocycles. The first-order chi connectivity index (χ1) is 15.9. The van der Waals surface area contributed by atoms with Gasteiger partial charge in [-0.1, -0.05) is 78.4 Å². The SMILES string of the molecule is CCCCCCCCC1(C)c2cc(C)sc2-c2sc(-c3ccc(C(C)C)c4nsnc34)cc21. The summed E-state index contributed by atoms with van der Waals surface area (Å²) in [5.41, 5.74) is 7.96. The number of aryl methyl sites for hydroxylation is 1. The first-order valence-electron chi connectivity index (χ1n) is 12.4. The Hall–Kier alpha value is -1.56. The summed E-state index contributed by atoms with van der Waals surface area (Å²) >= 11 is 5.28. The quantitative estimate of drug-likeness (QED) is 0.216. The van der Waals surface area contributed by atoms with Crippen LogP contribution in [-0.4, -0.2) is 8.75 Å². The Kier molecular flexibility index (Phi) is 6.49. The summed E-state index contributed by atoms with van der Waals surface area (Å²) in [7, 11) is 0. The second-order valence-corrected chi connectivity index (χ2v) is 13.0. The molecule has 1 aromatic carbocycles. The maximum atomic E-state index is 4.73. The largest absolute Gasteiger partial charge is 0.173 e. The van der Waals surface area contributed by atoms with Crippen LogP contribution in [0, 0.1) is 6.92 Å². The van der Waals surface area contributed by atoms with Crippen molar-refractivity contribution in [2.45, 2.75) is 90.9 Å². The summed E-state index contributed by atoms with van der Waals surface area (Å²) in [6, 6.07) is 9.50. The summed E-state index contributed by atoms with van der Waals surface area (Å²) in [5.74, 6) is 0.455. The Morgan fingerprint density at radius 1 is 0.879 bits per heavy atom. The van der Waals surface area contributed by atoms with Crippen molar-refractivity contribution < 1.29 is 0 Å². The molecular formula is C28H34N2S3. The van der Waals surface area contributed by atoms with Gasteiger partial charge in [0.25, 0.3) is 0 Å². The van der Waals surface area contributed by atoms with Crippen LogP contribution in [0.5, 0.6) is 0 Å². The maximum absolute atomic E-state index is 4.73. The molecule has 5 rings (SSSR count). The van der Waals surface area contributed by atoms with Gasteiger partial charge in [-0.15, -0.1) is 22.7 Å². The molecule has 3 heterocycles. The van der Waals surface area contributed by atoms with Crippen LogP contribution < -0.4 is 0 Å². The number of benzene rings is 1. The molecule has 0 saturated carbocycles. The summed E-state index contributed by atoms with van der Waals surface area (Å²) in [6.45, 7) is 11.5. The highest BCUT2D eigenvalue weighted by molar-refractivity contribution is 7.24. The first-order valence-corrected chi connectivity index (χ1v) is 14.8. The molecule has 4 aromatic rings. The molecule has 0 amide bonds. The van der Waals surface area contributed by atoms with E-state index in [1.807, 2.05) is 22.7 Å². The summed E-state index contributed by atoms with van der Waals surface area (Å²) in [6.07, 6.45) is 9.34. The Morgan fingerprint density at radius 3 is 2.36 bits per heavy atom. The summed E-state index contributed by atoms with van der Waals surface area (Å²) in [4.78, 5) is 5.79. The summed E-state index contributed by atoms with van der Waals surface area (Å²) in [5, 5.41) is 0. The van der Waals surface area contributed by atoms with E-state index < -0.39 is 0 Å². The number of unbranched alkanes of at least 4 members (excludes halogenated alkanes) is 5. The van der Waals surface area contributed by atoms with Crippen molar-refractivity contribution in [3.63, 3.8) is 0 Å². The van der Waals surface area contributed by atoms with Gasteiger partial charge in [0.1, 0.15) is 11.0 Å². The van der Waals surface area contributed by atoms with Crippen LogP contribution in [0.15, 0.2) is 24.3 Å². The van der Waals surface area contributed by atoms with E-state index >= 15 is 0 Å². The highest BCUT2D eigenvalue weighted by Crippen LogP contribution is 2.58. The molecule has 0 radical (unpaired) electrons. The molecule has 0 bridgehead atoms. The van der Waals surface area contributed by atoms with Crippen molar-refractivity contribution in [3.05, 3.63) is 45.8 Å². The van der Waals surface area contributed by atoms with Crippen molar-refractivity contribution in [1.29, 1.82) is 0 Å². The molecular weight excluding hydrogens is 461 g/mol. The third-order valence-electron chi connectivity index (χ3n) is 7.35. The Morgan fingerprint density at radius 2 is 1.58 bits per heavy atom. The fraction of sp³-hybridized carbons (Fsp3) is 0.500. The van der Waals surface area contributed by atoms with Crippen LogP contribution in [0.2, 0.25) is 0 Å². The number of thiophene rings is 2. The van der Waals surface area contributed by atoms with Gasteiger partial charge >= 0.3 is 0 Å². The smallest absolute Gasteiger partial charge is 0.113 e. The number of rotatable bonds is 9. The Labute approximate surface area is 210 Å². The van der Waals surface area contributed by atoms with Crippen LogP contribution in [0.4, 0.5) is 0 Å². The molecule has 174 valence electrons. The van der Waals surface area contributed by atoms with E-state index in [1.54, 1.807) is 11.1 Å². The third kappa shape index (κ3) is 4.00. The molecule has 5 heteroatoms. The lowest BCUT2D eigenvalue weighted by Gasteiger charge is -2.26. The van der Waals surface area contributed by atoms with Crippen LogP contribution in [-0.2, 0) is 5.41 Å². The van der Waals surface area contributed by atoms with Crippen molar-refractivity contribution in [3.8, 4) is 20.2 Å². The molecule has 1 aliphatic rings. The first kappa shape index (κ1) is 23.2. The van der Waals surface area contributed by atoms with Crippen LogP contribution in [0.3, 0.4) is 0 Å². The minimum atomic E-state index is 0.131. The fourth-order valence-corrected chi connectivity index (χ4v) is 8.61. The number of aromatic nitrogens is 2. The lowest BCUT2D eigenvalue weighted by atomic mass is 9.77.